The number of nitrogens with zero attached hydrogens (tertiary/aromatic N) is 3. The van der Waals surface area contributed by atoms with E-state index in [4.69, 9.17) is 5.73 Å². The maximum atomic E-state index is 10.6. The zero-order chi connectivity index (χ0) is 14.5. The van der Waals surface area contributed by atoms with Crippen molar-refractivity contribution in [3.63, 3.8) is 0 Å². The van der Waals surface area contributed by atoms with Crippen molar-refractivity contribution >= 4 is 16.9 Å². The Labute approximate surface area is 115 Å². The van der Waals surface area contributed by atoms with Gasteiger partial charge >= 0.3 is 0 Å². The first-order valence-corrected chi connectivity index (χ1v) is 6.55. The number of aromatic nitrogens is 3. The molecule has 4 atom stereocenters. The quantitative estimate of drug-likeness (QED) is 0.598. The molecule has 0 amide bonds. The molecule has 108 valence electrons. The predicted octanol–water partition coefficient (Wildman–Crippen LogP) is -0.321. The van der Waals surface area contributed by atoms with Gasteiger partial charge in [-0.25, -0.2) is 9.97 Å². The van der Waals surface area contributed by atoms with Gasteiger partial charge in [-0.1, -0.05) is 0 Å². The van der Waals surface area contributed by atoms with Gasteiger partial charge in [-0.15, -0.1) is 0 Å². The van der Waals surface area contributed by atoms with Crippen LogP contribution in [0.3, 0.4) is 0 Å². The second kappa shape index (κ2) is 4.41. The molecule has 5 N–H and O–H groups in total. The average Bonchev–Trinajstić information content (AvgIpc) is 2.92. The highest BCUT2D eigenvalue weighted by Crippen LogP contribution is 2.44. The minimum Gasteiger partial charge on any atom is -0.396 e. The van der Waals surface area contributed by atoms with Gasteiger partial charge in [0.2, 0.25) is 0 Å². The molecule has 7 heteroatoms. The lowest BCUT2D eigenvalue weighted by atomic mass is 9.96. The van der Waals surface area contributed by atoms with Crippen LogP contribution < -0.4 is 5.73 Å². The first-order chi connectivity index (χ1) is 9.46. The summed E-state index contributed by atoms with van der Waals surface area (Å²) >= 11 is 0. The number of nitrogen functional groups attached to an aromatic ring is 1. The molecule has 1 aliphatic carbocycles. The topological polar surface area (TPSA) is 117 Å². The van der Waals surface area contributed by atoms with Crippen LogP contribution in [0.4, 0.5) is 5.82 Å². The second-order valence-electron chi connectivity index (χ2n) is 5.58. The van der Waals surface area contributed by atoms with Crippen LogP contribution in [0.1, 0.15) is 19.4 Å². The first kappa shape index (κ1) is 13.3. The SMILES string of the molecule is CC1(O)[C@H](O)[C@@H](CO)C[C@H]1n1ccc2c(N)ncnc21. The molecule has 3 rings (SSSR count). The average molecular weight is 278 g/mol. The summed E-state index contributed by atoms with van der Waals surface area (Å²) < 4.78 is 1.80. The van der Waals surface area contributed by atoms with Gasteiger partial charge < -0.3 is 25.6 Å². The highest BCUT2D eigenvalue weighted by Gasteiger charge is 2.51. The summed E-state index contributed by atoms with van der Waals surface area (Å²) in [6, 6.07) is 1.42. The molecule has 2 heterocycles. The van der Waals surface area contributed by atoms with Gasteiger partial charge in [-0.2, -0.15) is 0 Å². The fourth-order valence-corrected chi connectivity index (χ4v) is 3.14. The molecule has 1 fully saturated rings. The smallest absolute Gasteiger partial charge is 0.145 e. The molecule has 2 aromatic rings. The van der Waals surface area contributed by atoms with E-state index < -0.39 is 11.7 Å². The summed E-state index contributed by atoms with van der Waals surface area (Å²) in [5.74, 6) is 0.0253. The third-order valence-corrected chi connectivity index (χ3v) is 4.36. The van der Waals surface area contributed by atoms with E-state index >= 15 is 0 Å². The van der Waals surface area contributed by atoms with Crippen LogP contribution >= 0.6 is 0 Å². The maximum absolute atomic E-state index is 10.6. The van der Waals surface area contributed by atoms with Crippen molar-refractivity contribution in [2.75, 3.05) is 12.3 Å². The zero-order valence-electron chi connectivity index (χ0n) is 11.1. The molecule has 1 saturated carbocycles. The van der Waals surface area contributed by atoms with Crippen molar-refractivity contribution in [2.45, 2.75) is 31.1 Å². The Balaban J connectivity index is 2.10. The van der Waals surface area contributed by atoms with Crippen molar-refractivity contribution in [1.82, 2.24) is 14.5 Å². The number of nitrogens with two attached hydrogens (primary N) is 1. The van der Waals surface area contributed by atoms with Gasteiger partial charge in [-0.05, 0) is 19.4 Å². The summed E-state index contributed by atoms with van der Waals surface area (Å²) in [7, 11) is 0. The van der Waals surface area contributed by atoms with E-state index in [-0.39, 0.29) is 18.6 Å². The van der Waals surface area contributed by atoms with E-state index in [0.717, 1.165) is 0 Å². The number of fused-ring (bicyclic) bond motifs is 1. The molecular formula is C13H18N4O3. The van der Waals surface area contributed by atoms with Crippen molar-refractivity contribution in [1.29, 1.82) is 0 Å². The van der Waals surface area contributed by atoms with E-state index in [1.807, 2.05) is 0 Å². The summed E-state index contributed by atoms with van der Waals surface area (Å²) in [5, 5.41) is 30.7. The minimum absolute atomic E-state index is 0.163. The number of hydrogen-bond donors (Lipinski definition) is 4. The maximum Gasteiger partial charge on any atom is 0.145 e. The molecule has 2 aromatic heterocycles. The van der Waals surface area contributed by atoms with E-state index in [0.29, 0.717) is 23.3 Å². The van der Waals surface area contributed by atoms with Gasteiger partial charge in [0.1, 0.15) is 23.4 Å². The number of hydrogen-bond acceptors (Lipinski definition) is 6. The Morgan fingerprint density at radius 2 is 2.25 bits per heavy atom. The molecule has 0 aromatic carbocycles. The molecule has 1 aliphatic rings. The number of rotatable bonds is 2. The standard InChI is InChI=1S/C13H18N4O3/c1-13(20)9(4-7(5-18)10(13)19)17-3-2-8-11(14)15-6-16-12(8)17/h2-3,6-7,9-10,18-20H,4-5H2,1H3,(H2,14,15,16)/t7-,9-,10-,13?/m1/s1. The first-order valence-electron chi connectivity index (χ1n) is 6.55. The molecule has 20 heavy (non-hydrogen) atoms. The van der Waals surface area contributed by atoms with Crippen molar-refractivity contribution in [2.24, 2.45) is 5.92 Å². The van der Waals surface area contributed by atoms with E-state index in [1.54, 1.807) is 23.8 Å². The largest absolute Gasteiger partial charge is 0.396 e. The van der Waals surface area contributed by atoms with Gasteiger partial charge in [-0.3, -0.25) is 0 Å². The van der Waals surface area contributed by atoms with Crippen LogP contribution in [0, 0.1) is 5.92 Å². The Hall–Kier alpha value is -1.70. The third-order valence-electron chi connectivity index (χ3n) is 4.36. The summed E-state index contributed by atoms with van der Waals surface area (Å²) in [6.45, 7) is 1.42. The van der Waals surface area contributed by atoms with Gasteiger partial charge in [0.05, 0.1) is 17.5 Å². The Morgan fingerprint density at radius 1 is 1.50 bits per heavy atom. The monoisotopic (exact) mass is 278 g/mol. The molecule has 0 bridgehead atoms. The fraction of sp³-hybridized carbons (Fsp3) is 0.538. The normalized spacial score (nSPS) is 33.9. The third kappa shape index (κ3) is 1.71. The van der Waals surface area contributed by atoms with Crippen LogP contribution in [0.15, 0.2) is 18.6 Å². The molecule has 0 saturated heterocycles. The van der Waals surface area contributed by atoms with Crippen LogP contribution in [-0.4, -0.2) is 48.2 Å². The number of aliphatic hydroxyl groups is 3. The Kier molecular flexibility index (Phi) is 2.93. The zero-order valence-corrected chi connectivity index (χ0v) is 11.1. The molecule has 0 aliphatic heterocycles. The van der Waals surface area contributed by atoms with Gasteiger partial charge in [0.25, 0.3) is 0 Å². The van der Waals surface area contributed by atoms with Crippen LogP contribution in [0.5, 0.6) is 0 Å². The molecule has 0 radical (unpaired) electrons. The van der Waals surface area contributed by atoms with Crippen LogP contribution in [0.2, 0.25) is 0 Å². The Morgan fingerprint density at radius 3 is 2.90 bits per heavy atom. The summed E-state index contributed by atoms with van der Waals surface area (Å²) in [6.07, 6.45) is 2.64. The van der Waals surface area contributed by atoms with Gasteiger partial charge in [0.15, 0.2) is 0 Å². The van der Waals surface area contributed by atoms with Crippen LogP contribution in [-0.2, 0) is 0 Å². The predicted molar refractivity (Wildman–Crippen MR) is 72.8 cm³/mol. The second-order valence-corrected chi connectivity index (χ2v) is 5.58. The number of aliphatic hydroxyl groups excluding tert-OH is 2. The lowest BCUT2D eigenvalue weighted by molar-refractivity contribution is -0.0776. The number of anilines is 1. The van der Waals surface area contributed by atoms with E-state index in [2.05, 4.69) is 9.97 Å². The van der Waals surface area contributed by atoms with Crippen molar-refractivity contribution < 1.29 is 15.3 Å². The van der Waals surface area contributed by atoms with E-state index in [1.165, 1.54) is 6.33 Å². The fourth-order valence-electron chi connectivity index (χ4n) is 3.14. The van der Waals surface area contributed by atoms with Crippen molar-refractivity contribution in [3.05, 3.63) is 18.6 Å². The minimum atomic E-state index is -1.33. The highest BCUT2D eigenvalue weighted by molar-refractivity contribution is 5.86. The summed E-state index contributed by atoms with van der Waals surface area (Å²) in [4.78, 5) is 8.14. The summed E-state index contributed by atoms with van der Waals surface area (Å²) in [5.41, 5.74) is 5.09. The van der Waals surface area contributed by atoms with Crippen molar-refractivity contribution in [3.8, 4) is 0 Å². The lowest BCUT2D eigenvalue weighted by Crippen LogP contribution is -2.42. The molecule has 1 unspecified atom stereocenters. The Bertz CT molecular complexity index is 640. The molecule has 7 nitrogen and oxygen atoms in total. The van der Waals surface area contributed by atoms with E-state index in [9.17, 15) is 15.3 Å². The van der Waals surface area contributed by atoms with Gasteiger partial charge in [0, 0.05) is 18.7 Å². The lowest BCUT2D eigenvalue weighted by Gasteiger charge is -2.30. The highest BCUT2D eigenvalue weighted by atomic mass is 16.3. The molecular weight excluding hydrogens is 260 g/mol. The molecule has 0 spiro atoms. The van der Waals surface area contributed by atoms with Crippen LogP contribution in [0.25, 0.3) is 11.0 Å².